The van der Waals surface area contributed by atoms with Crippen molar-refractivity contribution in [3.05, 3.63) is 380 Å². The SMILES string of the molecule is Cc1ccc(-c2cccnc2)cc1.Cc1ccc(-c2cccnc2)cc1.Cc1cccc(-c2ccccc2)n1.Cc1cccc(-c2ccncc2)c1.Cc1ccccc1-c1cccnc1.Cc1ccccc1-c1ccncc1.Cc1ccnc(-c2ccccc2)c1. The van der Waals surface area contributed by atoms with Crippen molar-refractivity contribution in [3.63, 3.8) is 0 Å². The van der Waals surface area contributed by atoms with E-state index in [2.05, 4.69) is 246 Å². The summed E-state index contributed by atoms with van der Waals surface area (Å²) in [6, 6.07) is 92.9. The normalized spacial score (nSPS) is 9.92. The maximum atomic E-state index is 4.44. The van der Waals surface area contributed by atoms with Gasteiger partial charge < -0.3 is 0 Å². The lowest BCUT2D eigenvalue weighted by Gasteiger charge is -2.03. The topological polar surface area (TPSA) is 90.2 Å². The lowest BCUT2D eigenvalue weighted by molar-refractivity contribution is 1.21. The molecule has 0 N–H and O–H groups in total. The van der Waals surface area contributed by atoms with Gasteiger partial charge in [-0.3, -0.25) is 34.9 Å². The summed E-state index contributed by atoms with van der Waals surface area (Å²) < 4.78 is 0. The van der Waals surface area contributed by atoms with Crippen LogP contribution >= 0.6 is 0 Å². The van der Waals surface area contributed by atoms with Gasteiger partial charge in [0, 0.05) is 90.5 Å². The fraction of sp³-hybridized carbons (Fsp3) is 0.0833. The molecule has 7 heterocycles. The molecular weight excluding hydrogens is 1110 g/mol. The lowest BCUT2D eigenvalue weighted by Crippen LogP contribution is -1.84. The molecule has 0 radical (unpaired) electrons. The van der Waals surface area contributed by atoms with Crippen LogP contribution < -0.4 is 0 Å². The Kier molecular flexibility index (Phi) is 26.0. The summed E-state index contributed by atoms with van der Waals surface area (Å²) in [6.07, 6.45) is 20.1. The predicted octanol–water partition coefficient (Wildman–Crippen LogP) is 21.4. The Hall–Kier alpha value is -11.4. The van der Waals surface area contributed by atoms with Crippen molar-refractivity contribution < 1.29 is 0 Å². The second kappa shape index (κ2) is 36.0. The molecule has 0 saturated heterocycles. The zero-order valence-corrected chi connectivity index (χ0v) is 53.0. The van der Waals surface area contributed by atoms with Crippen molar-refractivity contribution >= 4 is 0 Å². The van der Waals surface area contributed by atoms with Crippen LogP contribution in [0.5, 0.6) is 0 Å². The molecule has 91 heavy (non-hydrogen) atoms. The minimum Gasteiger partial charge on any atom is -0.265 e. The van der Waals surface area contributed by atoms with E-state index in [-0.39, 0.29) is 0 Å². The second-order valence-corrected chi connectivity index (χ2v) is 21.5. The standard InChI is InChI=1S/7C12H11N/c2*1-10-4-6-11(7-5-10)12-3-2-8-13-9-12;1-10-5-2-3-7-12(10)11-6-4-8-13-9-11;1-10-3-2-4-12(9-10)11-5-7-13-8-6-11;1-10-6-5-9-12(13-10)11-7-3-2-4-8-11;1-10-4-2-3-5-12(10)11-6-8-13-9-7-11;1-10-7-8-13-12(9-10)11-5-3-2-4-6-11/h7*2-9H,1H3. The fourth-order valence-corrected chi connectivity index (χ4v) is 9.39. The molecule has 14 aromatic rings. The van der Waals surface area contributed by atoms with Gasteiger partial charge in [0.05, 0.1) is 11.4 Å². The van der Waals surface area contributed by atoms with Gasteiger partial charge in [0.1, 0.15) is 0 Å². The first-order valence-corrected chi connectivity index (χ1v) is 30.4. The van der Waals surface area contributed by atoms with Gasteiger partial charge in [0.2, 0.25) is 0 Å². The van der Waals surface area contributed by atoms with Crippen LogP contribution in [0.2, 0.25) is 0 Å². The summed E-state index contributed by atoms with van der Waals surface area (Å²) in [5, 5.41) is 0. The van der Waals surface area contributed by atoms with Crippen molar-refractivity contribution in [2.75, 3.05) is 0 Å². The molecule has 0 fully saturated rings. The molecule has 7 heteroatoms. The van der Waals surface area contributed by atoms with Gasteiger partial charge in [-0.2, -0.15) is 0 Å². The Morgan fingerprint density at radius 2 is 0.615 bits per heavy atom. The highest BCUT2D eigenvalue weighted by Gasteiger charge is 2.03. The summed E-state index contributed by atoms with van der Waals surface area (Å²) in [5.74, 6) is 0. The van der Waals surface area contributed by atoms with E-state index in [1.54, 1.807) is 18.6 Å². The third kappa shape index (κ3) is 22.1. The van der Waals surface area contributed by atoms with Gasteiger partial charge in [-0.25, -0.2) is 0 Å². The summed E-state index contributed by atoms with van der Waals surface area (Å²) in [4.78, 5) is 29.0. The number of pyridine rings is 7. The van der Waals surface area contributed by atoms with Crippen LogP contribution in [-0.2, 0) is 0 Å². The molecule has 7 aromatic heterocycles. The van der Waals surface area contributed by atoms with Crippen molar-refractivity contribution in [2.45, 2.75) is 48.5 Å². The minimum atomic E-state index is 1.04. The Balaban J connectivity index is 0.000000137. The average molecular weight is 1180 g/mol. The molecule has 0 unspecified atom stereocenters. The van der Waals surface area contributed by atoms with Crippen LogP contribution in [0.25, 0.3) is 78.1 Å². The van der Waals surface area contributed by atoms with Gasteiger partial charge in [-0.15, -0.1) is 0 Å². The maximum Gasteiger partial charge on any atom is 0.0705 e. The van der Waals surface area contributed by atoms with E-state index in [9.17, 15) is 0 Å². The predicted molar refractivity (Wildman–Crippen MR) is 381 cm³/mol. The molecule has 0 bridgehead atoms. The molecular formula is C84H77N7. The fourth-order valence-electron chi connectivity index (χ4n) is 9.39. The molecule has 7 nitrogen and oxygen atoms in total. The van der Waals surface area contributed by atoms with E-state index in [0.29, 0.717) is 0 Å². The maximum absolute atomic E-state index is 4.44. The number of hydrogen-bond acceptors (Lipinski definition) is 7. The largest absolute Gasteiger partial charge is 0.265 e. The number of aryl methyl sites for hydroxylation is 7. The van der Waals surface area contributed by atoms with Crippen LogP contribution in [0.15, 0.2) is 341 Å². The molecule has 0 atom stereocenters. The highest BCUT2D eigenvalue weighted by molar-refractivity contribution is 5.68. The van der Waals surface area contributed by atoms with E-state index >= 15 is 0 Å². The van der Waals surface area contributed by atoms with Crippen LogP contribution in [0.4, 0.5) is 0 Å². The monoisotopic (exact) mass is 1180 g/mol. The summed E-state index contributed by atoms with van der Waals surface area (Å²) in [6.45, 7) is 14.6. The molecule has 14 rings (SSSR count). The molecule has 448 valence electrons. The Morgan fingerprint density at radius 1 is 0.209 bits per heavy atom. The first-order chi connectivity index (χ1) is 44.6. The molecule has 7 aromatic carbocycles. The van der Waals surface area contributed by atoms with E-state index in [1.807, 2.05) is 160 Å². The molecule has 0 aliphatic heterocycles. The Labute approximate surface area is 538 Å². The van der Waals surface area contributed by atoms with Gasteiger partial charge in [-0.1, -0.05) is 223 Å². The Bertz CT molecular complexity index is 3950. The highest BCUT2D eigenvalue weighted by Crippen LogP contribution is 2.25. The van der Waals surface area contributed by atoms with E-state index in [4.69, 9.17) is 0 Å². The molecule has 0 aliphatic rings. The van der Waals surface area contributed by atoms with Gasteiger partial charge >= 0.3 is 0 Å². The van der Waals surface area contributed by atoms with Crippen molar-refractivity contribution in [1.29, 1.82) is 0 Å². The number of nitrogens with zero attached hydrogens (tertiary/aromatic N) is 7. The molecule has 0 saturated carbocycles. The number of hydrogen-bond donors (Lipinski definition) is 0. The van der Waals surface area contributed by atoms with Crippen LogP contribution in [-0.4, -0.2) is 34.9 Å². The van der Waals surface area contributed by atoms with Crippen LogP contribution in [0.1, 0.15) is 39.1 Å². The second-order valence-electron chi connectivity index (χ2n) is 21.5. The van der Waals surface area contributed by atoms with Gasteiger partial charge in [0.15, 0.2) is 0 Å². The van der Waals surface area contributed by atoms with Crippen LogP contribution in [0, 0.1) is 48.5 Å². The smallest absolute Gasteiger partial charge is 0.0705 e. The van der Waals surface area contributed by atoms with E-state index in [1.165, 1.54) is 100 Å². The summed E-state index contributed by atoms with van der Waals surface area (Å²) in [5.41, 5.74) is 25.4. The van der Waals surface area contributed by atoms with Crippen LogP contribution in [0.3, 0.4) is 0 Å². The third-order valence-electron chi connectivity index (χ3n) is 14.3. The zero-order chi connectivity index (χ0) is 63.7. The Morgan fingerprint density at radius 3 is 1.08 bits per heavy atom. The minimum absolute atomic E-state index is 1.04. The molecule has 0 amide bonds. The average Bonchev–Trinajstić information content (AvgIpc) is 3.42. The lowest BCUT2D eigenvalue weighted by atomic mass is 10.0. The number of benzene rings is 7. The van der Waals surface area contributed by atoms with Crippen molar-refractivity contribution in [1.82, 2.24) is 34.9 Å². The van der Waals surface area contributed by atoms with Crippen molar-refractivity contribution in [2.24, 2.45) is 0 Å². The highest BCUT2D eigenvalue weighted by atomic mass is 14.7. The number of rotatable bonds is 7. The van der Waals surface area contributed by atoms with Gasteiger partial charge in [0.25, 0.3) is 0 Å². The number of aromatic nitrogens is 7. The first kappa shape index (κ1) is 65.6. The summed E-state index contributed by atoms with van der Waals surface area (Å²) in [7, 11) is 0. The quantitative estimate of drug-likeness (QED) is 0.157. The first-order valence-electron chi connectivity index (χ1n) is 30.4. The van der Waals surface area contributed by atoms with Crippen molar-refractivity contribution in [3.8, 4) is 78.1 Å². The molecule has 0 spiro atoms. The zero-order valence-electron chi connectivity index (χ0n) is 53.0. The summed E-state index contributed by atoms with van der Waals surface area (Å²) >= 11 is 0. The van der Waals surface area contributed by atoms with E-state index < -0.39 is 0 Å². The van der Waals surface area contributed by atoms with E-state index in [0.717, 1.165) is 17.1 Å². The molecule has 0 aliphatic carbocycles. The van der Waals surface area contributed by atoms with Gasteiger partial charge in [-0.05, 0) is 182 Å². The third-order valence-corrected chi connectivity index (χ3v) is 14.3.